The van der Waals surface area contributed by atoms with Crippen molar-refractivity contribution in [2.45, 2.75) is 20.3 Å². The number of ether oxygens (including phenoxy) is 1. The molecule has 0 atom stereocenters. The molecule has 2 heterocycles. The van der Waals surface area contributed by atoms with E-state index >= 15 is 0 Å². The summed E-state index contributed by atoms with van der Waals surface area (Å²) >= 11 is 0. The Kier molecular flexibility index (Phi) is 4.70. The van der Waals surface area contributed by atoms with Crippen molar-refractivity contribution in [2.75, 3.05) is 24.3 Å². The van der Waals surface area contributed by atoms with E-state index in [0.29, 0.717) is 22.4 Å². The van der Waals surface area contributed by atoms with Crippen molar-refractivity contribution in [1.29, 1.82) is 0 Å². The van der Waals surface area contributed by atoms with Gasteiger partial charge in [0, 0.05) is 12.5 Å². The third-order valence-corrected chi connectivity index (χ3v) is 5.82. The van der Waals surface area contributed by atoms with Gasteiger partial charge in [0.1, 0.15) is 17.1 Å². The zero-order valence-corrected chi connectivity index (χ0v) is 15.5. The van der Waals surface area contributed by atoms with E-state index in [0.717, 1.165) is 0 Å². The van der Waals surface area contributed by atoms with Crippen LogP contribution in [0, 0.1) is 11.7 Å². The molecular formula is C16H20FN5O3S. The van der Waals surface area contributed by atoms with Gasteiger partial charge in [-0.15, -0.1) is 5.10 Å². The number of nitrogens with zero attached hydrogens (tertiary/aromatic N) is 4. The molecule has 8 nitrogen and oxygen atoms in total. The first kappa shape index (κ1) is 18.3. The number of nitrogens with two attached hydrogens (primary N) is 1. The summed E-state index contributed by atoms with van der Waals surface area (Å²) in [4.78, 5) is 8.55. The molecule has 2 aromatic heterocycles. The van der Waals surface area contributed by atoms with Gasteiger partial charge in [0.15, 0.2) is 21.3 Å². The lowest BCUT2D eigenvalue weighted by Crippen LogP contribution is -2.17. The minimum atomic E-state index is -3.20. The first-order valence-corrected chi connectivity index (χ1v) is 9.91. The van der Waals surface area contributed by atoms with Gasteiger partial charge in [-0.3, -0.25) is 0 Å². The summed E-state index contributed by atoms with van der Waals surface area (Å²) in [7, 11) is -1.79. The molecule has 0 unspecified atom stereocenters. The maximum absolute atomic E-state index is 13.9. The second-order valence-electron chi connectivity index (χ2n) is 6.50. The lowest BCUT2D eigenvalue weighted by Gasteiger charge is -2.07. The number of rotatable bonds is 6. The molecule has 1 aromatic carbocycles. The maximum Gasteiger partial charge on any atom is 0.223 e. The van der Waals surface area contributed by atoms with Crippen molar-refractivity contribution in [3.8, 4) is 5.75 Å². The molecule has 3 rings (SSSR count). The quantitative estimate of drug-likeness (QED) is 0.690. The van der Waals surface area contributed by atoms with Crippen LogP contribution in [-0.4, -0.2) is 46.6 Å². The number of hydrogen-bond acceptors (Lipinski definition) is 7. The van der Waals surface area contributed by atoms with Crippen LogP contribution in [0.25, 0.3) is 16.6 Å². The highest BCUT2D eigenvalue weighted by molar-refractivity contribution is 7.91. The molecule has 26 heavy (non-hydrogen) atoms. The monoisotopic (exact) mass is 381 g/mol. The first-order valence-electron chi connectivity index (χ1n) is 8.09. The molecule has 0 amide bonds. The largest absolute Gasteiger partial charge is 0.494 e. The summed E-state index contributed by atoms with van der Waals surface area (Å²) in [6, 6.07) is 2.48. The van der Waals surface area contributed by atoms with Gasteiger partial charge in [0.25, 0.3) is 0 Å². The van der Waals surface area contributed by atoms with Crippen LogP contribution >= 0.6 is 0 Å². The normalized spacial score (nSPS) is 12.3. The zero-order chi connectivity index (χ0) is 19.1. The van der Waals surface area contributed by atoms with Crippen LogP contribution in [-0.2, 0) is 16.3 Å². The van der Waals surface area contributed by atoms with E-state index < -0.39 is 15.7 Å². The van der Waals surface area contributed by atoms with Gasteiger partial charge >= 0.3 is 0 Å². The highest BCUT2D eigenvalue weighted by Gasteiger charge is 2.18. The zero-order valence-electron chi connectivity index (χ0n) is 14.7. The van der Waals surface area contributed by atoms with Crippen molar-refractivity contribution in [3.05, 3.63) is 23.8 Å². The summed E-state index contributed by atoms with van der Waals surface area (Å²) in [5, 5.41) is 4.61. The molecule has 0 aliphatic rings. The number of nitrogen functional groups attached to an aromatic ring is 1. The molecule has 3 aromatic rings. The van der Waals surface area contributed by atoms with Gasteiger partial charge < -0.3 is 10.5 Å². The van der Waals surface area contributed by atoms with Gasteiger partial charge in [-0.25, -0.2) is 22.8 Å². The predicted octanol–water partition coefficient (Wildman–Crippen LogP) is 1.62. The Balaban J connectivity index is 2.04. The first-order chi connectivity index (χ1) is 12.2. The van der Waals surface area contributed by atoms with E-state index in [1.807, 2.05) is 13.8 Å². The second-order valence-corrected chi connectivity index (χ2v) is 8.72. The number of methoxy groups -OCH3 is 1. The third-order valence-electron chi connectivity index (χ3n) is 3.82. The molecular weight excluding hydrogens is 361 g/mol. The van der Waals surface area contributed by atoms with Crippen molar-refractivity contribution < 1.29 is 17.5 Å². The minimum Gasteiger partial charge on any atom is -0.494 e. The number of sulfone groups is 1. The number of aryl methyl sites for hydroxylation is 1. The lowest BCUT2D eigenvalue weighted by atomic mass is 10.2. The molecule has 0 spiro atoms. The van der Waals surface area contributed by atoms with Crippen LogP contribution in [0.4, 0.5) is 10.3 Å². The highest BCUT2D eigenvalue weighted by atomic mass is 32.2. The summed E-state index contributed by atoms with van der Waals surface area (Å²) in [5.41, 5.74) is 6.60. The number of halogens is 1. The molecule has 0 bridgehead atoms. The standard InChI is InChI=1S/C16H20FN5O3S/c1-9(2)8-26(23,24)5-4-13-19-15-11-6-10(17)7-12(25-3)14(11)20-16(18)22(15)21-13/h6-7,9H,4-5,8H2,1-3H3,(H2,18,20). The molecule has 0 fully saturated rings. The molecule has 2 N–H and O–H groups in total. The predicted molar refractivity (Wildman–Crippen MR) is 96.4 cm³/mol. The van der Waals surface area contributed by atoms with E-state index in [9.17, 15) is 12.8 Å². The summed E-state index contributed by atoms with van der Waals surface area (Å²) in [6.45, 7) is 3.70. The number of aromatic nitrogens is 4. The average molecular weight is 381 g/mol. The van der Waals surface area contributed by atoms with Crippen LogP contribution in [0.5, 0.6) is 5.75 Å². The SMILES string of the molecule is COc1cc(F)cc2c1nc(N)n1nc(CCS(=O)(=O)CC(C)C)nc21. The fourth-order valence-electron chi connectivity index (χ4n) is 2.81. The Morgan fingerprint density at radius 1 is 1.31 bits per heavy atom. The molecule has 10 heteroatoms. The van der Waals surface area contributed by atoms with E-state index in [1.54, 1.807) is 0 Å². The van der Waals surface area contributed by atoms with Crippen molar-refractivity contribution in [2.24, 2.45) is 5.92 Å². The van der Waals surface area contributed by atoms with Crippen molar-refractivity contribution in [1.82, 2.24) is 19.6 Å². The Morgan fingerprint density at radius 2 is 2.04 bits per heavy atom. The summed E-state index contributed by atoms with van der Waals surface area (Å²) in [5.74, 6) is 0.182. The Hall–Kier alpha value is -2.49. The van der Waals surface area contributed by atoms with E-state index in [2.05, 4.69) is 15.1 Å². The topological polar surface area (TPSA) is 112 Å². The van der Waals surface area contributed by atoms with Crippen LogP contribution in [0.2, 0.25) is 0 Å². The van der Waals surface area contributed by atoms with Gasteiger partial charge in [-0.1, -0.05) is 13.8 Å². The summed E-state index contributed by atoms with van der Waals surface area (Å²) < 4.78 is 44.4. The van der Waals surface area contributed by atoms with Gasteiger partial charge in [0.2, 0.25) is 5.95 Å². The van der Waals surface area contributed by atoms with E-state index in [1.165, 1.54) is 23.8 Å². The lowest BCUT2D eigenvalue weighted by molar-refractivity contribution is 0.415. The average Bonchev–Trinajstić information content (AvgIpc) is 2.97. The van der Waals surface area contributed by atoms with Crippen LogP contribution in [0.1, 0.15) is 19.7 Å². The molecule has 0 aliphatic carbocycles. The molecule has 140 valence electrons. The van der Waals surface area contributed by atoms with E-state index in [-0.39, 0.29) is 35.5 Å². The Morgan fingerprint density at radius 3 is 2.69 bits per heavy atom. The molecule has 0 saturated heterocycles. The van der Waals surface area contributed by atoms with Crippen molar-refractivity contribution >= 4 is 32.3 Å². The van der Waals surface area contributed by atoms with Gasteiger partial charge in [-0.2, -0.15) is 4.52 Å². The molecule has 0 radical (unpaired) electrons. The molecule has 0 aliphatic heterocycles. The fourth-order valence-corrected chi connectivity index (χ4v) is 4.49. The number of hydrogen-bond donors (Lipinski definition) is 1. The molecule has 0 saturated carbocycles. The van der Waals surface area contributed by atoms with Crippen LogP contribution in [0.3, 0.4) is 0 Å². The Bertz CT molecular complexity index is 1080. The summed E-state index contributed by atoms with van der Waals surface area (Å²) in [6.07, 6.45) is 0.143. The maximum atomic E-state index is 13.9. The number of fused-ring (bicyclic) bond motifs is 3. The third kappa shape index (κ3) is 3.55. The van der Waals surface area contributed by atoms with Crippen LogP contribution in [0.15, 0.2) is 12.1 Å². The van der Waals surface area contributed by atoms with E-state index in [4.69, 9.17) is 10.5 Å². The minimum absolute atomic E-state index is 0.0493. The highest BCUT2D eigenvalue weighted by Crippen LogP contribution is 2.29. The number of benzene rings is 1. The van der Waals surface area contributed by atoms with Gasteiger partial charge in [-0.05, 0) is 12.0 Å². The van der Waals surface area contributed by atoms with Crippen LogP contribution < -0.4 is 10.5 Å². The number of anilines is 1. The van der Waals surface area contributed by atoms with Gasteiger partial charge in [0.05, 0.1) is 24.0 Å². The smallest absolute Gasteiger partial charge is 0.223 e. The Labute approximate surface area is 150 Å². The second kappa shape index (κ2) is 6.67. The van der Waals surface area contributed by atoms with Crippen molar-refractivity contribution in [3.63, 3.8) is 0 Å². The fraction of sp³-hybridized carbons (Fsp3) is 0.438.